The van der Waals surface area contributed by atoms with Crippen molar-refractivity contribution in [2.75, 3.05) is 39.5 Å². The number of amides is 1. The van der Waals surface area contributed by atoms with Crippen LogP contribution in [0.3, 0.4) is 0 Å². The lowest BCUT2D eigenvalue weighted by Gasteiger charge is -2.34. The maximum Gasteiger partial charge on any atom is 0.220 e. The van der Waals surface area contributed by atoms with Crippen molar-refractivity contribution in [3.8, 4) is 0 Å². The zero-order chi connectivity index (χ0) is 18.1. The van der Waals surface area contributed by atoms with Gasteiger partial charge in [0.25, 0.3) is 0 Å². The van der Waals surface area contributed by atoms with Crippen LogP contribution in [-0.2, 0) is 4.79 Å². The molecule has 2 rings (SSSR count). The predicted octanol–water partition coefficient (Wildman–Crippen LogP) is 2.34. The van der Waals surface area contributed by atoms with E-state index in [1.165, 1.54) is 12.1 Å². The molecule has 0 radical (unpaired) electrons. The molecule has 0 saturated carbocycles. The van der Waals surface area contributed by atoms with Crippen molar-refractivity contribution in [1.82, 2.24) is 15.5 Å². The molecule has 1 aromatic rings. The Kier molecular flexibility index (Phi) is 8.04. The van der Waals surface area contributed by atoms with Gasteiger partial charge < -0.3 is 15.5 Å². The second-order valence-corrected chi connectivity index (χ2v) is 7.25. The van der Waals surface area contributed by atoms with Crippen LogP contribution >= 0.6 is 11.8 Å². The van der Waals surface area contributed by atoms with Crippen LogP contribution in [0.5, 0.6) is 0 Å². The van der Waals surface area contributed by atoms with Gasteiger partial charge in [-0.15, -0.1) is 11.8 Å². The molecule has 1 heterocycles. The van der Waals surface area contributed by atoms with Gasteiger partial charge in [0.1, 0.15) is 5.82 Å². The number of likely N-dealkylation sites (tertiary alicyclic amines) is 1. The SMILES string of the molecule is CN=C(NCCSc1ccc(F)cc1)N1CCC(CC(=O)NC)CC1. The second kappa shape index (κ2) is 10.3. The summed E-state index contributed by atoms with van der Waals surface area (Å²) < 4.78 is 12.9. The first-order chi connectivity index (χ1) is 12.1. The summed E-state index contributed by atoms with van der Waals surface area (Å²) in [5.74, 6) is 2.18. The number of hydrogen-bond acceptors (Lipinski definition) is 3. The van der Waals surface area contributed by atoms with Crippen LogP contribution in [0.25, 0.3) is 0 Å². The third-order valence-corrected chi connectivity index (χ3v) is 5.36. The molecule has 2 N–H and O–H groups in total. The molecule has 5 nitrogen and oxygen atoms in total. The van der Waals surface area contributed by atoms with E-state index >= 15 is 0 Å². The topological polar surface area (TPSA) is 56.7 Å². The first-order valence-corrected chi connectivity index (χ1v) is 9.65. The van der Waals surface area contributed by atoms with Gasteiger partial charge in [0.15, 0.2) is 5.96 Å². The standard InChI is InChI=1S/C18H27FN4OS/c1-20-17(24)13-14-7-10-23(11-8-14)18(21-2)22-9-12-25-16-5-3-15(19)4-6-16/h3-6,14H,7-13H2,1-2H3,(H,20,24)(H,21,22). The first-order valence-electron chi connectivity index (χ1n) is 8.67. The van der Waals surface area contributed by atoms with Crippen molar-refractivity contribution >= 4 is 23.6 Å². The van der Waals surface area contributed by atoms with Gasteiger partial charge in [0.2, 0.25) is 5.91 Å². The van der Waals surface area contributed by atoms with E-state index in [9.17, 15) is 9.18 Å². The maximum atomic E-state index is 12.9. The Morgan fingerprint density at radius 3 is 2.60 bits per heavy atom. The number of nitrogens with one attached hydrogen (secondary N) is 2. The number of halogens is 1. The fourth-order valence-corrected chi connectivity index (χ4v) is 3.68. The summed E-state index contributed by atoms with van der Waals surface area (Å²) in [5, 5.41) is 6.09. The molecule has 1 aromatic carbocycles. The molecule has 0 aromatic heterocycles. The molecule has 0 spiro atoms. The Balaban J connectivity index is 1.68. The van der Waals surface area contributed by atoms with E-state index in [1.807, 2.05) is 0 Å². The van der Waals surface area contributed by atoms with Crippen molar-refractivity contribution in [2.45, 2.75) is 24.2 Å². The minimum Gasteiger partial charge on any atom is -0.359 e. The maximum absolute atomic E-state index is 12.9. The number of guanidine groups is 1. The molecule has 0 aliphatic carbocycles. The highest BCUT2D eigenvalue weighted by molar-refractivity contribution is 7.99. The number of nitrogens with zero attached hydrogens (tertiary/aromatic N) is 2. The highest BCUT2D eigenvalue weighted by Crippen LogP contribution is 2.20. The van der Waals surface area contributed by atoms with Gasteiger partial charge in [-0.3, -0.25) is 9.79 Å². The van der Waals surface area contributed by atoms with Crippen LogP contribution in [-0.4, -0.2) is 56.2 Å². The average molecular weight is 367 g/mol. The van der Waals surface area contributed by atoms with Crippen molar-refractivity contribution in [2.24, 2.45) is 10.9 Å². The van der Waals surface area contributed by atoms with E-state index in [1.54, 1.807) is 38.0 Å². The largest absolute Gasteiger partial charge is 0.359 e. The molecule has 1 amide bonds. The Morgan fingerprint density at radius 2 is 2.00 bits per heavy atom. The summed E-state index contributed by atoms with van der Waals surface area (Å²) in [5.41, 5.74) is 0. The lowest BCUT2D eigenvalue weighted by molar-refractivity contribution is -0.121. The van der Waals surface area contributed by atoms with Gasteiger partial charge in [0.05, 0.1) is 0 Å². The molecule has 1 aliphatic heterocycles. The lowest BCUT2D eigenvalue weighted by Crippen LogP contribution is -2.46. The molecule has 1 fully saturated rings. The summed E-state index contributed by atoms with van der Waals surface area (Å²) in [7, 11) is 3.49. The first kappa shape index (κ1) is 19.6. The number of rotatable bonds is 6. The van der Waals surface area contributed by atoms with Crippen molar-refractivity contribution in [1.29, 1.82) is 0 Å². The molecular formula is C18H27FN4OS. The number of piperidine rings is 1. The number of aliphatic imine (C=N–C) groups is 1. The zero-order valence-corrected chi connectivity index (χ0v) is 15.7. The van der Waals surface area contributed by atoms with Gasteiger partial charge in [-0.1, -0.05) is 0 Å². The summed E-state index contributed by atoms with van der Waals surface area (Å²) in [4.78, 5) is 19.2. The van der Waals surface area contributed by atoms with Crippen LogP contribution < -0.4 is 10.6 Å². The minimum atomic E-state index is -0.206. The van der Waals surface area contributed by atoms with Gasteiger partial charge in [-0.25, -0.2) is 4.39 Å². The molecule has 1 aliphatic rings. The Morgan fingerprint density at radius 1 is 1.32 bits per heavy atom. The smallest absolute Gasteiger partial charge is 0.220 e. The van der Waals surface area contributed by atoms with Crippen molar-refractivity contribution in [3.63, 3.8) is 0 Å². The van der Waals surface area contributed by atoms with E-state index < -0.39 is 0 Å². The minimum absolute atomic E-state index is 0.124. The van der Waals surface area contributed by atoms with Gasteiger partial charge >= 0.3 is 0 Å². The number of carbonyl (C=O) groups is 1. The second-order valence-electron chi connectivity index (χ2n) is 6.08. The van der Waals surface area contributed by atoms with E-state index in [0.29, 0.717) is 12.3 Å². The Bertz CT molecular complexity index is 571. The summed E-state index contributed by atoms with van der Waals surface area (Å²) in [6, 6.07) is 6.56. The van der Waals surface area contributed by atoms with Crippen LogP contribution in [0.2, 0.25) is 0 Å². The van der Waals surface area contributed by atoms with E-state index in [-0.39, 0.29) is 11.7 Å². The van der Waals surface area contributed by atoms with Crippen molar-refractivity contribution in [3.05, 3.63) is 30.1 Å². The molecule has 1 saturated heterocycles. The van der Waals surface area contributed by atoms with Gasteiger partial charge in [0, 0.05) is 50.8 Å². The predicted molar refractivity (Wildman–Crippen MR) is 101 cm³/mol. The Hall–Kier alpha value is -1.76. The quantitative estimate of drug-likeness (QED) is 0.351. The molecule has 25 heavy (non-hydrogen) atoms. The Labute approximate surface area is 153 Å². The normalized spacial score (nSPS) is 16.0. The van der Waals surface area contributed by atoms with E-state index in [4.69, 9.17) is 0 Å². The van der Waals surface area contributed by atoms with Crippen molar-refractivity contribution < 1.29 is 9.18 Å². The monoisotopic (exact) mass is 366 g/mol. The number of hydrogen-bond donors (Lipinski definition) is 2. The van der Waals surface area contributed by atoms with Gasteiger partial charge in [-0.2, -0.15) is 0 Å². The summed E-state index contributed by atoms with van der Waals surface area (Å²) >= 11 is 1.69. The molecule has 7 heteroatoms. The van der Waals surface area contributed by atoms with E-state index in [0.717, 1.165) is 49.1 Å². The number of thioether (sulfide) groups is 1. The lowest BCUT2D eigenvalue weighted by atomic mass is 9.93. The molecule has 0 atom stereocenters. The third-order valence-electron chi connectivity index (χ3n) is 4.35. The fourth-order valence-electron chi connectivity index (χ4n) is 2.91. The molecule has 138 valence electrons. The highest BCUT2D eigenvalue weighted by Gasteiger charge is 2.22. The molecule has 0 unspecified atom stereocenters. The highest BCUT2D eigenvalue weighted by atomic mass is 32.2. The average Bonchev–Trinajstić information content (AvgIpc) is 2.64. The molecular weight excluding hydrogens is 339 g/mol. The van der Waals surface area contributed by atoms with E-state index in [2.05, 4.69) is 20.5 Å². The number of benzene rings is 1. The fraction of sp³-hybridized carbons (Fsp3) is 0.556. The summed E-state index contributed by atoms with van der Waals surface area (Å²) in [6.45, 7) is 2.64. The van der Waals surface area contributed by atoms with Crippen LogP contribution in [0, 0.1) is 11.7 Å². The molecule has 0 bridgehead atoms. The third kappa shape index (κ3) is 6.57. The van der Waals surface area contributed by atoms with Crippen LogP contribution in [0.4, 0.5) is 4.39 Å². The number of carbonyl (C=O) groups excluding carboxylic acids is 1. The zero-order valence-electron chi connectivity index (χ0n) is 14.9. The van der Waals surface area contributed by atoms with Crippen LogP contribution in [0.15, 0.2) is 34.2 Å². The van der Waals surface area contributed by atoms with Gasteiger partial charge in [-0.05, 0) is 43.0 Å². The summed E-state index contributed by atoms with van der Waals surface area (Å²) in [6.07, 6.45) is 2.64. The van der Waals surface area contributed by atoms with Crippen LogP contribution in [0.1, 0.15) is 19.3 Å².